The number of hydrogen-bond donors (Lipinski definition) is 0. The number of alkyl halides is 2. The van der Waals surface area contributed by atoms with Crippen molar-refractivity contribution in [3.8, 4) is 11.3 Å². The van der Waals surface area contributed by atoms with E-state index in [4.69, 9.17) is 11.6 Å². The van der Waals surface area contributed by atoms with Crippen molar-refractivity contribution in [2.45, 2.75) is 19.1 Å². The molecule has 176 valence electrons. The minimum atomic E-state index is -1.21. The summed E-state index contributed by atoms with van der Waals surface area (Å²) in [6.07, 6.45) is 2.99. The maximum absolute atomic E-state index is 13.6. The number of halogens is 4. The summed E-state index contributed by atoms with van der Waals surface area (Å²) in [6.45, 7) is 2.93. The lowest BCUT2D eigenvalue weighted by molar-refractivity contribution is -0.131. The highest BCUT2D eigenvalue weighted by molar-refractivity contribution is 6.38. The average Bonchev–Trinajstić information content (AvgIpc) is 3.44. The molecule has 3 heterocycles. The van der Waals surface area contributed by atoms with E-state index in [2.05, 4.69) is 21.9 Å². The van der Waals surface area contributed by atoms with Crippen LogP contribution in [0.4, 0.5) is 13.2 Å². The SMILES string of the molecule is C=C(/C=C\C=C(\F)CF)c1nn(CC(=O)N2CC[C@@H](F)C2)c2nnc(-c3ccccc3)c(Cl)c12. The maximum Gasteiger partial charge on any atom is 0.244 e. The summed E-state index contributed by atoms with van der Waals surface area (Å²) in [5.41, 5.74) is 2.07. The Kier molecular flexibility index (Phi) is 7.12. The number of hydrogen-bond acceptors (Lipinski definition) is 4. The predicted molar refractivity (Wildman–Crippen MR) is 125 cm³/mol. The number of amides is 1. The van der Waals surface area contributed by atoms with Crippen LogP contribution < -0.4 is 0 Å². The quantitative estimate of drug-likeness (QED) is 0.434. The van der Waals surface area contributed by atoms with Crippen LogP contribution in [0.5, 0.6) is 0 Å². The monoisotopic (exact) mass is 487 g/mol. The van der Waals surface area contributed by atoms with E-state index < -0.39 is 18.7 Å². The number of aromatic nitrogens is 4. The van der Waals surface area contributed by atoms with Crippen molar-refractivity contribution >= 4 is 34.1 Å². The first-order valence-corrected chi connectivity index (χ1v) is 10.9. The Hall–Kier alpha value is -3.46. The highest BCUT2D eigenvalue weighted by Crippen LogP contribution is 2.35. The number of carbonyl (C=O) groups is 1. The zero-order valence-electron chi connectivity index (χ0n) is 18.1. The van der Waals surface area contributed by atoms with Crippen molar-refractivity contribution < 1.29 is 18.0 Å². The molecule has 2 aromatic heterocycles. The van der Waals surface area contributed by atoms with Crippen molar-refractivity contribution in [1.82, 2.24) is 24.9 Å². The average molecular weight is 488 g/mol. The lowest BCUT2D eigenvalue weighted by Gasteiger charge is -2.15. The third-order valence-corrected chi connectivity index (χ3v) is 5.79. The molecule has 34 heavy (non-hydrogen) atoms. The lowest BCUT2D eigenvalue weighted by Crippen LogP contribution is -2.32. The minimum Gasteiger partial charge on any atom is -0.338 e. The molecule has 1 aliphatic rings. The summed E-state index contributed by atoms with van der Waals surface area (Å²) >= 11 is 6.74. The van der Waals surface area contributed by atoms with Gasteiger partial charge in [0.15, 0.2) is 5.65 Å². The van der Waals surface area contributed by atoms with E-state index in [9.17, 15) is 18.0 Å². The van der Waals surface area contributed by atoms with Crippen LogP contribution in [0, 0.1) is 0 Å². The van der Waals surface area contributed by atoms with Gasteiger partial charge in [-0.25, -0.2) is 17.9 Å². The molecule has 3 aromatic rings. The van der Waals surface area contributed by atoms with E-state index in [-0.39, 0.29) is 29.7 Å². The minimum absolute atomic E-state index is 0.0391. The van der Waals surface area contributed by atoms with Gasteiger partial charge in [-0.3, -0.25) is 4.79 Å². The van der Waals surface area contributed by atoms with Gasteiger partial charge in [0.25, 0.3) is 0 Å². The molecule has 0 N–H and O–H groups in total. The molecule has 1 aliphatic heterocycles. The van der Waals surface area contributed by atoms with Gasteiger partial charge in [-0.2, -0.15) is 5.10 Å². The zero-order chi connectivity index (χ0) is 24.2. The molecule has 0 spiro atoms. The van der Waals surface area contributed by atoms with Gasteiger partial charge in [-0.1, -0.05) is 60.7 Å². The first-order chi connectivity index (χ1) is 16.4. The zero-order valence-corrected chi connectivity index (χ0v) is 18.9. The Morgan fingerprint density at radius 2 is 2.03 bits per heavy atom. The number of carbonyl (C=O) groups excluding carboxylic acids is 1. The van der Waals surface area contributed by atoms with Crippen molar-refractivity contribution in [1.29, 1.82) is 0 Å². The van der Waals surface area contributed by atoms with Gasteiger partial charge >= 0.3 is 0 Å². The summed E-state index contributed by atoms with van der Waals surface area (Å²) < 4.78 is 40.4. The van der Waals surface area contributed by atoms with Crippen molar-refractivity contribution in [2.24, 2.45) is 0 Å². The Bertz CT molecular complexity index is 1290. The van der Waals surface area contributed by atoms with Gasteiger partial charge in [-0.05, 0) is 18.1 Å². The molecule has 0 bridgehead atoms. The highest BCUT2D eigenvalue weighted by Gasteiger charge is 2.28. The molecule has 1 aromatic carbocycles. The van der Waals surface area contributed by atoms with Gasteiger partial charge in [0, 0.05) is 12.1 Å². The van der Waals surface area contributed by atoms with Gasteiger partial charge in [-0.15, -0.1) is 10.2 Å². The van der Waals surface area contributed by atoms with E-state index in [0.29, 0.717) is 35.3 Å². The second kappa shape index (κ2) is 10.2. The van der Waals surface area contributed by atoms with Crippen LogP contribution in [0.1, 0.15) is 12.1 Å². The third kappa shape index (κ3) is 4.89. The first kappa shape index (κ1) is 23.7. The summed E-state index contributed by atoms with van der Waals surface area (Å²) in [4.78, 5) is 14.2. The van der Waals surface area contributed by atoms with E-state index >= 15 is 0 Å². The largest absolute Gasteiger partial charge is 0.338 e. The molecule has 0 saturated carbocycles. The Labute approximate surface area is 199 Å². The number of nitrogens with zero attached hydrogens (tertiary/aromatic N) is 5. The predicted octanol–water partition coefficient (Wildman–Crippen LogP) is 5.11. The summed E-state index contributed by atoms with van der Waals surface area (Å²) in [6, 6.07) is 9.19. The molecule has 0 aliphatic carbocycles. The molecule has 1 fully saturated rings. The van der Waals surface area contributed by atoms with E-state index in [1.807, 2.05) is 30.3 Å². The van der Waals surface area contributed by atoms with E-state index in [0.717, 1.165) is 11.6 Å². The fourth-order valence-corrected chi connectivity index (χ4v) is 4.02. The molecule has 1 atom stereocenters. The molecular formula is C24H21ClF3N5O. The number of rotatable bonds is 7. The second-order valence-electron chi connectivity index (χ2n) is 7.79. The lowest BCUT2D eigenvalue weighted by atomic mass is 10.1. The van der Waals surface area contributed by atoms with Crippen molar-refractivity contribution in [3.05, 3.63) is 71.7 Å². The Balaban J connectivity index is 1.78. The Morgan fingerprint density at radius 1 is 1.26 bits per heavy atom. The molecule has 1 saturated heterocycles. The van der Waals surface area contributed by atoms with Crippen LogP contribution in [0.2, 0.25) is 5.02 Å². The summed E-state index contributed by atoms with van der Waals surface area (Å²) in [5, 5.41) is 13.7. The number of likely N-dealkylation sites (tertiary alicyclic amines) is 1. The standard InChI is InChI=1S/C24H21ClF3N5O/c1-15(6-5-9-17(27)12-26)22-20-21(25)23(16-7-3-2-4-8-16)29-30-24(20)33(31-22)14-19(34)32-11-10-18(28)13-32/h2-9,18H,1,10-14H2/b6-5-,17-9+/t18-/m1/s1. The molecule has 0 radical (unpaired) electrons. The van der Waals surface area contributed by atoms with Crippen LogP contribution in [-0.2, 0) is 11.3 Å². The smallest absolute Gasteiger partial charge is 0.244 e. The molecule has 6 nitrogen and oxygen atoms in total. The van der Waals surface area contributed by atoms with Crippen molar-refractivity contribution in [3.63, 3.8) is 0 Å². The molecule has 1 amide bonds. The van der Waals surface area contributed by atoms with Gasteiger partial charge < -0.3 is 4.90 Å². The van der Waals surface area contributed by atoms with E-state index in [1.54, 1.807) is 0 Å². The highest BCUT2D eigenvalue weighted by atomic mass is 35.5. The van der Waals surface area contributed by atoms with Crippen LogP contribution in [0.25, 0.3) is 27.9 Å². The molecule has 0 unspecified atom stereocenters. The first-order valence-electron chi connectivity index (χ1n) is 10.6. The number of fused-ring (bicyclic) bond motifs is 1. The second-order valence-corrected chi connectivity index (χ2v) is 8.17. The molecule has 10 heteroatoms. The fraction of sp³-hybridized carbons (Fsp3) is 0.250. The van der Waals surface area contributed by atoms with Gasteiger partial charge in [0.1, 0.15) is 36.6 Å². The summed E-state index contributed by atoms with van der Waals surface area (Å²) in [7, 11) is 0. The van der Waals surface area contributed by atoms with Crippen LogP contribution in [0.15, 0.2) is 61.0 Å². The van der Waals surface area contributed by atoms with Gasteiger partial charge in [0.2, 0.25) is 5.91 Å². The number of allylic oxidation sites excluding steroid dienone is 5. The maximum atomic E-state index is 13.6. The van der Waals surface area contributed by atoms with Crippen LogP contribution >= 0.6 is 11.6 Å². The Morgan fingerprint density at radius 3 is 2.71 bits per heavy atom. The molecular weight excluding hydrogens is 467 g/mol. The van der Waals surface area contributed by atoms with Crippen LogP contribution in [-0.4, -0.2) is 56.7 Å². The summed E-state index contributed by atoms with van der Waals surface area (Å²) in [5.74, 6) is -1.24. The van der Waals surface area contributed by atoms with Crippen molar-refractivity contribution in [2.75, 3.05) is 19.8 Å². The molecule has 4 rings (SSSR count). The van der Waals surface area contributed by atoms with E-state index in [1.165, 1.54) is 21.7 Å². The number of benzene rings is 1. The normalized spacial score (nSPS) is 16.6. The van der Waals surface area contributed by atoms with Gasteiger partial charge in [0.05, 0.1) is 17.0 Å². The topological polar surface area (TPSA) is 63.9 Å². The van der Waals surface area contributed by atoms with Crippen LogP contribution in [0.3, 0.4) is 0 Å². The fourth-order valence-electron chi connectivity index (χ4n) is 3.70. The third-order valence-electron chi connectivity index (χ3n) is 5.42.